The van der Waals surface area contributed by atoms with Gasteiger partial charge in [-0.05, 0) is 38.3 Å². The van der Waals surface area contributed by atoms with E-state index < -0.39 is 17.2 Å². The number of carbonyl (C=O) groups excluding carboxylic acids is 2. The van der Waals surface area contributed by atoms with Crippen molar-refractivity contribution < 1.29 is 18.4 Å². The van der Waals surface area contributed by atoms with Gasteiger partial charge in [-0.15, -0.1) is 24.0 Å². The molecule has 3 N–H and O–H groups in total. The highest BCUT2D eigenvalue weighted by atomic mass is 127. The van der Waals surface area contributed by atoms with Crippen LogP contribution < -0.4 is 20.9 Å². The molecule has 2 unspecified atom stereocenters. The number of nitrogens with zero attached hydrogens (tertiary/aromatic N) is 3. The number of guanidine groups is 1. The van der Waals surface area contributed by atoms with E-state index in [0.29, 0.717) is 50.7 Å². The number of halogens is 3. The van der Waals surface area contributed by atoms with Crippen molar-refractivity contribution in [3.63, 3.8) is 0 Å². The van der Waals surface area contributed by atoms with Crippen LogP contribution in [0.2, 0.25) is 0 Å². The van der Waals surface area contributed by atoms with Gasteiger partial charge in [0.1, 0.15) is 17.2 Å². The van der Waals surface area contributed by atoms with E-state index in [9.17, 15) is 18.4 Å². The lowest BCUT2D eigenvalue weighted by atomic mass is 9.99. The highest BCUT2D eigenvalue weighted by Crippen LogP contribution is 2.24. The third kappa shape index (κ3) is 5.78. The molecular weight excluding hydrogens is 533 g/mol. The first kappa shape index (κ1) is 26.1. The molecule has 0 bridgehead atoms. The summed E-state index contributed by atoms with van der Waals surface area (Å²) in [5.74, 6) is -0.751. The number of benzene rings is 1. The number of nitrogens with one attached hydrogen (secondary N) is 3. The lowest BCUT2D eigenvalue weighted by molar-refractivity contribution is -0.130. The first-order chi connectivity index (χ1) is 14.8. The fourth-order valence-electron chi connectivity index (χ4n) is 3.86. The Balaban J connectivity index is 0.00000363. The largest absolute Gasteiger partial charge is 0.367 e. The van der Waals surface area contributed by atoms with Crippen molar-refractivity contribution in [1.82, 2.24) is 20.9 Å². The third-order valence-electron chi connectivity index (χ3n) is 5.91. The SMILES string of the molecule is CCC1(C)NC(=O)N(CCCNC(=NC)NC2CCN(c3ccc(F)cc3F)C2)C1=O.I. The molecule has 0 aliphatic carbocycles. The van der Waals surface area contributed by atoms with Crippen LogP contribution in [0.3, 0.4) is 0 Å². The van der Waals surface area contributed by atoms with Crippen LogP contribution in [-0.4, -0.2) is 67.6 Å². The van der Waals surface area contributed by atoms with Gasteiger partial charge in [0.25, 0.3) is 5.91 Å². The minimum absolute atomic E-state index is 0. The van der Waals surface area contributed by atoms with E-state index in [4.69, 9.17) is 0 Å². The van der Waals surface area contributed by atoms with Crippen molar-refractivity contribution >= 4 is 47.6 Å². The summed E-state index contributed by atoms with van der Waals surface area (Å²) in [4.78, 5) is 31.8. The zero-order chi connectivity index (χ0) is 22.6. The molecule has 2 aliphatic rings. The van der Waals surface area contributed by atoms with Gasteiger partial charge in [0.15, 0.2) is 5.96 Å². The topological polar surface area (TPSA) is 89.1 Å². The monoisotopic (exact) mass is 564 g/mol. The Kier molecular flexibility index (Phi) is 9.05. The van der Waals surface area contributed by atoms with Gasteiger partial charge in [0.2, 0.25) is 0 Å². The molecule has 2 heterocycles. The van der Waals surface area contributed by atoms with Crippen LogP contribution in [0.25, 0.3) is 0 Å². The Morgan fingerprint density at radius 1 is 1.34 bits per heavy atom. The number of hydrogen-bond donors (Lipinski definition) is 3. The number of amides is 3. The molecule has 11 heteroatoms. The van der Waals surface area contributed by atoms with E-state index in [1.54, 1.807) is 14.0 Å². The molecule has 8 nitrogen and oxygen atoms in total. The number of urea groups is 1. The van der Waals surface area contributed by atoms with E-state index in [-0.39, 0.29) is 42.0 Å². The van der Waals surface area contributed by atoms with Crippen molar-refractivity contribution in [2.45, 2.75) is 44.7 Å². The minimum atomic E-state index is -0.819. The van der Waals surface area contributed by atoms with Gasteiger partial charge in [-0.1, -0.05) is 6.92 Å². The molecule has 2 saturated heterocycles. The predicted octanol–water partition coefficient (Wildman–Crippen LogP) is 2.44. The standard InChI is InChI=1S/C21H30F2N6O2.HI/c1-4-21(2)18(30)29(20(31)27-21)10-5-9-25-19(24-3)26-15-8-11-28(13-15)17-7-6-14(22)12-16(17)23;/h6-7,12,15H,4-5,8-11,13H2,1-3H3,(H,27,31)(H2,24,25,26);1H. The average molecular weight is 564 g/mol. The van der Waals surface area contributed by atoms with Crippen molar-refractivity contribution in [1.29, 1.82) is 0 Å². The van der Waals surface area contributed by atoms with Crippen LogP contribution in [-0.2, 0) is 4.79 Å². The van der Waals surface area contributed by atoms with Crippen LogP contribution in [0.5, 0.6) is 0 Å². The lowest BCUT2D eigenvalue weighted by Gasteiger charge is -2.21. The molecule has 2 fully saturated rings. The summed E-state index contributed by atoms with van der Waals surface area (Å²) in [6.07, 6.45) is 1.91. The summed E-state index contributed by atoms with van der Waals surface area (Å²) in [7, 11) is 1.66. The first-order valence-corrected chi connectivity index (χ1v) is 10.6. The second-order valence-corrected chi connectivity index (χ2v) is 8.10. The zero-order valence-electron chi connectivity index (χ0n) is 18.6. The Bertz CT molecular complexity index is 871. The zero-order valence-corrected chi connectivity index (χ0v) is 20.9. The average Bonchev–Trinajstić information content (AvgIpc) is 3.27. The Labute approximate surface area is 204 Å². The van der Waals surface area contributed by atoms with Crippen LogP contribution in [0, 0.1) is 11.6 Å². The van der Waals surface area contributed by atoms with Crippen molar-refractivity contribution in [3.05, 3.63) is 29.8 Å². The molecule has 0 spiro atoms. The number of aliphatic imine (C=N–C) groups is 1. The summed E-state index contributed by atoms with van der Waals surface area (Å²) in [6.45, 7) is 5.68. The number of hydrogen-bond acceptors (Lipinski definition) is 4. The number of carbonyl (C=O) groups is 2. The van der Waals surface area contributed by atoms with E-state index in [2.05, 4.69) is 20.9 Å². The molecule has 2 atom stereocenters. The summed E-state index contributed by atoms with van der Waals surface area (Å²) in [5.41, 5.74) is -0.429. The molecule has 2 aliphatic heterocycles. The summed E-state index contributed by atoms with van der Waals surface area (Å²) in [6, 6.07) is 3.32. The number of imide groups is 1. The summed E-state index contributed by atoms with van der Waals surface area (Å²) in [5, 5.41) is 9.23. The van der Waals surface area contributed by atoms with E-state index in [1.165, 1.54) is 17.0 Å². The maximum atomic E-state index is 14.0. The van der Waals surface area contributed by atoms with E-state index in [0.717, 1.165) is 12.5 Å². The molecular formula is C21H31F2IN6O2. The van der Waals surface area contributed by atoms with Crippen LogP contribution >= 0.6 is 24.0 Å². The fraction of sp³-hybridized carbons (Fsp3) is 0.571. The molecule has 0 saturated carbocycles. The van der Waals surface area contributed by atoms with Gasteiger partial charge in [0, 0.05) is 45.3 Å². The molecule has 0 radical (unpaired) electrons. The van der Waals surface area contributed by atoms with Crippen molar-refractivity contribution in [3.8, 4) is 0 Å². The lowest BCUT2D eigenvalue weighted by Crippen LogP contribution is -2.45. The fourth-order valence-corrected chi connectivity index (χ4v) is 3.86. The molecule has 3 amide bonds. The summed E-state index contributed by atoms with van der Waals surface area (Å²) >= 11 is 0. The van der Waals surface area contributed by atoms with Gasteiger partial charge in [0.05, 0.1) is 5.69 Å². The van der Waals surface area contributed by atoms with Crippen molar-refractivity contribution in [2.24, 2.45) is 4.99 Å². The molecule has 0 aromatic heterocycles. The van der Waals surface area contributed by atoms with E-state index >= 15 is 0 Å². The smallest absolute Gasteiger partial charge is 0.325 e. The van der Waals surface area contributed by atoms with Gasteiger partial charge in [-0.3, -0.25) is 14.7 Å². The Morgan fingerprint density at radius 2 is 2.09 bits per heavy atom. The van der Waals surface area contributed by atoms with Crippen molar-refractivity contribution in [2.75, 3.05) is 38.1 Å². The highest BCUT2D eigenvalue weighted by Gasteiger charge is 2.45. The third-order valence-corrected chi connectivity index (χ3v) is 5.91. The van der Waals surface area contributed by atoms with Gasteiger partial charge in [-0.25, -0.2) is 13.6 Å². The molecule has 32 heavy (non-hydrogen) atoms. The van der Waals surface area contributed by atoms with Gasteiger partial charge in [-0.2, -0.15) is 0 Å². The second kappa shape index (κ2) is 11.1. The Hall–Kier alpha value is -2.18. The maximum absolute atomic E-state index is 14.0. The second-order valence-electron chi connectivity index (χ2n) is 8.10. The van der Waals surface area contributed by atoms with Gasteiger partial charge >= 0.3 is 6.03 Å². The normalized spacial score (nSPS) is 23.3. The minimum Gasteiger partial charge on any atom is -0.367 e. The predicted molar refractivity (Wildman–Crippen MR) is 130 cm³/mol. The quantitative estimate of drug-likeness (QED) is 0.156. The van der Waals surface area contributed by atoms with Crippen LogP contribution in [0.15, 0.2) is 23.2 Å². The van der Waals surface area contributed by atoms with E-state index in [1.807, 2.05) is 11.8 Å². The first-order valence-electron chi connectivity index (χ1n) is 10.6. The number of anilines is 1. The summed E-state index contributed by atoms with van der Waals surface area (Å²) < 4.78 is 27.2. The number of rotatable bonds is 7. The molecule has 1 aromatic rings. The maximum Gasteiger partial charge on any atom is 0.325 e. The van der Waals surface area contributed by atoms with Gasteiger partial charge < -0.3 is 20.9 Å². The van der Waals surface area contributed by atoms with Crippen LogP contribution in [0.4, 0.5) is 19.3 Å². The Morgan fingerprint density at radius 3 is 2.72 bits per heavy atom. The van der Waals surface area contributed by atoms with Crippen LogP contribution in [0.1, 0.15) is 33.1 Å². The molecule has 178 valence electrons. The molecule has 3 rings (SSSR count). The highest BCUT2D eigenvalue weighted by molar-refractivity contribution is 14.0. The molecule has 1 aromatic carbocycles.